The Balaban J connectivity index is 2.31. The fourth-order valence-electron chi connectivity index (χ4n) is 1.53. The van der Waals surface area contributed by atoms with Crippen LogP contribution in [0.3, 0.4) is 0 Å². The summed E-state index contributed by atoms with van der Waals surface area (Å²) in [7, 11) is -3.44. The lowest BCUT2D eigenvalue weighted by Crippen LogP contribution is -2.04. The molecular weight excluding hydrogens is 303 g/mol. The van der Waals surface area contributed by atoms with Crippen LogP contribution in [-0.2, 0) is 9.84 Å². The van der Waals surface area contributed by atoms with Gasteiger partial charge in [0.05, 0.1) is 10.6 Å². The topological polar surface area (TPSA) is 43.4 Å². The number of benzene rings is 2. The van der Waals surface area contributed by atoms with Gasteiger partial charge in [-0.25, -0.2) is 12.8 Å². The maximum Gasteiger partial charge on any atom is 0.178 e. The van der Waals surface area contributed by atoms with E-state index in [-0.39, 0.29) is 16.4 Å². The molecule has 2 aromatic carbocycles. The van der Waals surface area contributed by atoms with E-state index in [2.05, 4.69) is 6.07 Å². The minimum absolute atomic E-state index is 0.0671. The lowest BCUT2D eigenvalue weighted by molar-refractivity contribution is 0.440. The Bertz CT molecular complexity index is 729. The maximum absolute atomic E-state index is 13.9. The number of hydrogen-bond donors (Lipinski definition) is 0. The third kappa shape index (κ3) is 3.29. The summed E-state index contributed by atoms with van der Waals surface area (Å²) in [6, 6.07) is 10.8. The number of sulfone groups is 1. The van der Waals surface area contributed by atoms with E-state index in [0.717, 1.165) is 6.07 Å². The molecule has 3 nitrogen and oxygen atoms in total. The summed E-state index contributed by atoms with van der Waals surface area (Å²) >= 11 is 5.77. The fraction of sp³-hybridized carbons (Fsp3) is 0.143. The van der Waals surface area contributed by atoms with Crippen LogP contribution in [0.2, 0.25) is 5.02 Å². The molecule has 0 spiro atoms. The molecule has 0 atom stereocenters. The molecule has 0 saturated carbocycles. The SMILES string of the molecule is CCS(=O)(=O)c1ccc(Oc2c[c]cc(Cl)c2)c(F)c1. The average molecular weight is 314 g/mol. The number of rotatable bonds is 4. The van der Waals surface area contributed by atoms with Crippen molar-refractivity contribution in [2.24, 2.45) is 0 Å². The highest BCUT2D eigenvalue weighted by Crippen LogP contribution is 2.28. The van der Waals surface area contributed by atoms with Gasteiger partial charge in [0.2, 0.25) is 0 Å². The molecule has 0 N–H and O–H groups in total. The van der Waals surface area contributed by atoms with Crippen molar-refractivity contribution in [2.45, 2.75) is 11.8 Å². The van der Waals surface area contributed by atoms with Crippen molar-refractivity contribution in [3.63, 3.8) is 0 Å². The van der Waals surface area contributed by atoms with Crippen LogP contribution in [-0.4, -0.2) is 14.2 Å². The molecule has 2 rings (SSSR count). The molecule has 0 aliphatic rings. The minimum Gasteiger partial charge on any atom is -0.454 e. The number of ether oxygens (including phenoxy) is 1. The number of hydrogen-bond acceptors (Lipinski definition) is 3. The highest BCUT2D eigenvalue weighted by atomic mass is 35.5. The first-order valence-corrected chi connectivity index (χ1v) is 7.82. The second-order valence-electron chi connectivity index (χ2n) is 3.98. The largest absolute Gasteiger partial charge is 0.454 e. The van der Waals surface area contributed by atoms with E-state index in [4.69, 9.17) is 16.3 Å². The molecule has 1 radical (unpaired) electrons. The van der Waals surface area contributed by atoms with Gasteiger partial charge in [-0.2, -0.15) is 0 Å². The predicted molar refractivity (Wildman–Crippen MR) is 74.5 cm³/mol. The van der Waals surface area contributed by atoms with E-state index >= 15 is 0 Å². The molecule has 0 aliphatic heterocycles. The van der Waals surface area contributed by atoms with Gasteiger partial charge in [0.15, 0.2) is 21.4 Å². The second-order valence-corrected chi connectivity index (χ2v) is 6.70. The van der Waals surface area contributed by atoms with Gasteiger partial charge in [0.25, 0.3) is 0 Å². The molecule has 0 amide bonds. The van der Waals surface area contributed by atoms with Gasteiger partial charge in [-0.05, 0) is 42.5 Å². The molecule has 0 aliphatic carbocycles. The van der Waals surface area contributed by atoms with Gasteiger partial charge in [0, 0.05) is 5.02 Å². The van der Waals surface area contributed by atoms with Crippen molar-refractivity contribution in [1.82, 2.24) is 0 Å². The van der Waals surface area contributed by atoms with Crippen molar-refractivity contribution >= 4 is 21.4 Å². The zero-order chi connectivity index (χ0) is 14.8. The first kappa shape index (κ1) is 14.8. The Morgan fingerprint density at radius 2 is 2.05 bits per heavy atom. The van der Waals surface area contributed by atoms with Crippen molar-refractivity contribution < 1.29 is 17.5 Å². The Kier molecular flexibility index (Phi) is 4.30. The van der Waals surface area contributed by atoms with E-state index in [1.165, 1.54) is 31.2 Å². The molecule has 105 valence electrons. The van der Waals surface area contributed by atoms with Crippen LogP contribution in [0.25, 0.3) is 0 Å². The Morgan fingerprint density at radius 3 is 2.65 bits per heavy atom. The van der Waals surface area contributed by atoms with Crippen LogP contribution in [0.1, 0.15) is 6.92 Å². The monoisotopic (exact) mass is 313 g/mol. The standard InChI is InChI=1S/C14H11ClFO3S/c1-2-20(17,18)12-6-7-14(13(16)9-12)19-11-5-3-4-10(15)8-11/h4-9H,2H2,1H3. The molecule has 0 saturated heterocycles. The van der Waals surface area contributed by atoms with Crippen LogP contribution in [0, 0.1) is 11.9 Å². The van der Waals surface area contributed by atoms with Gasteiger partial charge < -0.3 is 4.74 Å². The number of halogens is 2. The summed E-state index contributed by atoms with van der Waals surface area (Å²) < 4.78 is 42.5. The summed E-state index contributed by atoms with van der Waals surface area (Å²) in [5.41, 5.74) is 0. The van der Waals surface area contributed by atoms with E-state index in [1.807, 2.05) is 0 Å². The summed E-state index contributed by atoms with van der Waals surface area (Å²) in [6.07, 6.45) is 0. The summed E-state index contributed by atoms with van der Waals surface area (Å²) in [5.74, 6) is -0.590. The highest BCUT2D eigenvalue weighted by molar-refractivity contribution is 7.91. The van der Waals surface area contributed by atoms with E-state index in [9.17, 15) is 12.8 Å². The molecule has 0 aromatic heterocycles. The molecule has 6 heteroatoms. The zero-order valence-electron chi connectivity index (χ0n) is 10.6. The van der Waals surface area contributed by atoms with Gasteiger partial charge in [-0.1, -0.05) is 18.5 Å². The van der Waals surface area contributed by atoms with Crippen molar-refractivity contribution in [3.05, 3.63) is 53.3 Å². The third-order valence-electron chi connectivity index (χ3n) is 2.60. The van der Waals surface area contributed by atoms with Gasteiger partial charge in [0.1, 0.15) is 5.75 Å². The smallest absolute Gasteiger partial charge is 0.178 e. The van der Waals surface area contributed by atoms with Crippen molar-refractivity contribution in [3.8, 4) is 11.5 Å². The Morgan fingerprint density at radius 1 is 1.30 bits per heavy atom. The molecule has 0 unspecified atom stereocenters. The molecule has 0 fully saturated rings. The average Bonchev–Trinajstić information content (AvgIpc) is 2.41. The quantitative estimate of drug-likeness (QED) is 0.860. The third-order valence-corrected chi connectivity index (χ3v) is 4.55. The lowest BCUT2D eigenvalue weighted by atomic mass is 10.3. The summed E-state index contributed by atoms with van der Waals surface area (Å²) in [5, 5.41) is 0.410. The zero-order valence-corrected chi connectivity index (χ0v) is 12.1. The molecule has 2 aromatic rings. The maximum atomic E-state index is 13.9. The normalized spacial score (nSPS) is 11.3. The fourth-order valence-corrected chi connectivity index (χ4v) is 2.60. The molecule has 0 bridgehead atoms. The molecule has 20 heavy (non-hydrogen) atoms. The van der Waals surface area contributed by atoms with Crippen LogP contribution in [0.15, 0.2) is 41.3 Å². The molecular formula is C14H11ClFO3S. The highest BCUT2D eigenvalue weighted by Gasteiger charge is 2.15. The van der Waals surface area contributed by atoms with Gasteiger partial charge in [-0.15, -0.1) is 0 Å². The summed E-state index contributed by atoms with van der Waals surface area (Å²) in [4.78, 5) is -0.0671. The van der Waals surface area contributed by atoms with Crippen LogP contribution in [0.4, 0.5) is 4.39 Å². The predicted octanol–water partition coefficient (Wildman–Crippen LogP) is 3.87. The Labute approximate surface area is 121 Å². The minimum atomic E-state index is -3.44. The van der Waals surface area contributed by atoms with E-state index in [1.54, 1.807) is 6.07 Å². The summed E-state index contributed by atoms with van der Waals surface area (Å²) in [6.45, 7) is 1.50. The van der Waals surface area contributed by atoms with Crippen LogP contribution >= 0.6 is 11.6 Å². The van der Waals surface area contributed by atoms with Crippen LogP contribution in [0.5, 0.6) is 11.5 Å². The van der Waals surface area contributed by atoms with Gasteiger partial charge >= 0.3 is 0 Å². The van der Waals surface area contributed by atoms with E-state index in [0.29, 0.717) is 10.8 Å². The Hall–Kier alpha value is -1.59. The lowest BCUT2D eigenvalue weighted by Gasteiger charge is -2.08. The van der Waals surface area contributed by atoms with E-state index < -0.39 is 15.7 Å². The van der Waals surface area contributed by atoms with Crippen LogP contribution < -0.4 is 4.74 Å². The van der Waals surface area contributed by atoms with Gasteiger partial charge in [-0.3, -0.25) is 0 Å². The van der Waals surface area contributed by atoms with Crippen molar-refractivity contribution in [2.75, 3.05) is 5.75 Å². The first-order valence-electron chi connectivity index (χ1n) is 5.79. The second kappa shape index (κ2) is 5.81. The molecule has 0 heterocycles. The first-order chi connectivity index (χ1) is 9.42. The van der Waals surface area contributed by atoms with Crippen molar-refractivity contribution in [1.29, 1.82) is 0 Å².